The lowest BCUT2D eigenvalue weighted by Crippen LogP contribution is -2.34. The van der Waals surface area contributed by atoms with Gasteiger partial charge >= 0.3 is 0 Å². The maximum atomic E-state index is 12.1. The van der Waals surface area contributed by atoms with E-state index >= 15 is 0 Å². The zero-order valence-electron chi connectivity index (χ0n) is 13.2. The van der Waals surface area contributed by atoms with Crippen LogP contribution in [0.15, 0.2) is 18.2 Å². The van der Waals surface area contributed by atoms with Crippen LogP contribution in [-0.2, 0) is 0 Å². The fourth-order valence-corrected chi connectivity index (χ4v) is 3.62. The van der Waals surface area contributed by atoms with Crippen molar-refractivity contribution in [2.24, 2.45) is 0 Å². The van der Waals surface area contributed by atoms with E-state index in [0.29, 0.717) is 12.1 Å². The van der Waals surface area contributed by atoms with E-state index in [1.165, 1.54) is 37.9 Å². The highest BCUT2D eigenvalue weighted by Gasteiger charge is 2.37. The van der Waals surface area contributed by atoms with Gasteiger partial charge in [-0.25, -0.2) is 0 Å². The average Bonchev–Trinajstić information content (AvgIpc) is 3.05. The van der Waals surface area contributed by atoms with Crippen molar-refractivity contribution in [3.63, 3.8) is 0 Å². The molecule has 0 radical (unpaired) electrons. The van der Waals surface area contributed by atoms with E-state index in [2.05, 4.69) is 17.1 Å². The Morgan fingerprint density at radius 3 is 2.86 bits per heavy atom. The summed E-state index contributed by atoms with van der Waals surface area (Å²) in [5.41, 5.74) is 3.08. The first-order valence-corrected chi connectivity index (χ1v) is 7.89. The summed E-state index contributed by atoms with van der Waals surface area (Å²) in [5, 5.41) is 3.70. The molecule has 4 heteroatoms. The van der Waals surface area contributed by atoms with Gasteiger partial charge < -0.3 is 10.2 Å². The summed E-state index contributed by atoms with van der Waals surface area (Å²) in [6, 6.07) is 7.17. The number of hydrogen-bond donors (Lipinski definition) is 1. The monoisotopic (exact) mass is 287 g/mol. The van der Waals surface area contributed by atoms with Crippen LogP contribution in [0.3, 0.4) is 0 Å². The molecule has 21 heavy (non-hydrogen) atoms. The molecule has 1 aromatic carbocycles. The minimum Gasteiger partial charge on any atom is -0.380 e. The van der Waals surface area contributed by atoms with Gasteiger partial charge in [-0.2, -0.15) is 0 Å². The van der Waals surface area contributed by atoms with Crippen LogP contribution in [0.2, 0.25) is 0 Å². The molecule has 2 saturated heterocycles. The first-order chi connectivity index (χ1) is 10.1. The van der Waals surface area contributed by atoms with Crippen molar-refractivity contribution in [3.8, 4) is 0 Å². The molecule has 2 aliphatic rings. The number of amides is 1. The highest BCUT2D eigenvalue weighted by molar-refractivity contribution is 5.95. The summed E-state index contributed by atoms with van der Waals surface area (Å²) >= 11 is 0. The Morgan fingerprint density at radius 1 is 1.29 bits per heavy atom. The fraction of sp³-hybridized carbons (Fsp3) is 0.588. The fourth-order valence-electron chi connectivity index (χ4n) is 3.62. The van der Waals surface area contributed by atoms with Crippen molar-refractivity contribution < 1.29 is 4.79 Å². The number of hydrogen-bond acceptors (Lipinski definition) is 3. The zero-order chi connectivity index (χ0) is 15.0. The van der Waals surface area contributed by atoms with Crippen molar-refractivity contribution in [3.05, 3.63) is 29.3 Å². The number of aryl methyl sites for hydroxylation is 1. The Bertz CT molecular complexity index is 541. The van der Waals surface area contributed by atoms with Crippen LogP contribution in [0.5, 0.6) is 0 Å². The second kappa shape index (κ2) is 5.68. The molecule has 3 rings (SSSR count). The predicted octanol–water partition coefficient (Wildman–Crippen LogP) is 2.35. The second-order valence-electron chi connectivity index (χ2n) is 6.51. The SMILES string of the molecule is Cc1ccc(C(=O)N(C)C)cc1NC1CCN2CCCC12. The molecule has 0 bridgehead atoms. The van der Waals surface area contributed by atoms with Crippen LogP contribution in [0.4, 0.5) is 5.69 Å². The van der Waals surface area contributed by atoms with E-state index in [0.717, 1.165) is 11.3 Å². The van der Waals surface area contributed by atoms with Crippen LogP contribution in [0.25, 0.3) is 0 Å². The predicted molar refractivity (Wildman–Crippen MR) is 85.8 cm³/mol. The molecule has 1 aromatic rings. The quantitative estimate of drug-likeness (QED) is 0.927. The van der Waals surface area contributed by atoms with Gasteiger partial charge in [0.05, 0.1) is 0 Å². The summed E-state index contributed by atoms with van der Waals surface area (Å²) < 4.78 is 0. The Hall–Kier alpha value is -1.55. The van der Waals surface area contributed by atoms with Crippen LogP contribution < -0.4 is 5.32 Å². The molecule has 2 aliphatic heterocycles. The smallest absolute Gasteiger partial charge is 0.253 e. The third-order valence-corrected chi connectivity index (χ3v) is 4.84. The molecule has 1 amide bonds. The molecule has 4 nitrogen and oxygen atoms in total. The average molecular weight is 287 g/mol. The Balaban J connectivity index is 1.78. The van der Waals surface area contributed by atoms with E-state index in [4.69, 9.17) is 0 Å². The van der Waals surface area contributed by atoms with Crippen molar-refractivity contribution >= 4 is 11.6 Å². The molecule has 2 atom stereocenters. The summed E-state index contributed by atoms with van der Waals surface area (Å²) in [6.07, 6.45) is 3.82. The molecule has 0 aromatic heterocycles. The number of nitrogens with one attached hydrogen (secondary N) is 1. The van der Waals surface area contributed by atoms with Gasteiger partial charge in [0.15, 0.2) is 0 Å². The molecule has 114 valence electrons. The minimum absolute atomic E-state index is 0.0620. The minimum atomic E-state index is 0.0620. The third-order valence-electron chi connectivity index (χ3n) is 4.84. The first-order valence-electron chi connectivity index (χ1n) is 7.89. The topological polar surface area (TPSA) is 35.6 Å². The Labute approximate surface area is 127 Å². The Morgan fingerprint density at radius 2 is 2.10 bits per heavy atom. The van der Waals surface area contributed by atoms with Crippen LogP contribution in [0.1, 0.15) is 35.2 Å². The molecular formula is C17H25N3O. The van der Waals surface area contributed by atoms with E-state index in [-0.39, 0.29) is 5.91 Å². The molecule has 2 fully saturated rings. The molecule has 2 unspecified atom stereocenters. The standard InChI is InChI=1S/C17H25N3O/c1-12-6-7-13(17(21)19(2)3)11-15(12)18-14-8-10-20-9-4-5-16(14)20/h6-7,11,14,16,18H,4-5,8-10H2,1-3H3. The first kappa shape index (κ1) is 14.4. The lowest BCUT2D eigenvalue weighted by molar-refractivity contribution is 0.0827. The normalized spacial score (nSPS) is 24.9. The maximum absolute atomic E-state index is 12.1. The summed E-state index contributed by atoms with van der Waals surface area (Å²) in [6.45, 7) is 4.56. The molecule has 1 N–H and O–H groups in total. The lowest BCUT2D eigenvalue weighted by atomic mass is 10.0. The highest BCUT2D eigenvalue weighted by Crippen LogP contribution is 2.31. The number of rotatable bonds is 3. The van der Waals surface area contributed by atoms with Crippen molar-refractivity contribution in [1.82, 2.24) is 9.80 Å². The summed E-state index contributed by atoms with van der Waals surface area (Å²) in [5.74, 6) is 0.0620. The maximum Gasteiger partial charge on any atom is 0.253 e. The van der Waals surface area contributed by atoms with Crippen LogP contribution in [0, 0.1) is 6.92 Å². The molecular weight excluding hydrogens is 262 g/mol. The van der Waals surface area contributed by atoms with Gasteiger partial charge in [0, 0.05) is 44.0 Å². The number of nitrogens with zero attached hydrogens (tertiary/aromatic N) is 2. The zero-order valence-corrected chi connectivity index (χ0v) is 13.2. The van der Waals surface area contributed by atoms with Gasteiger partial charge in [0.25, 0.3) is 5.91 Å². The van der Waals surface area contributed by atoms with E-state index in [1.807, 2.05) is 18.2 Å². The van der Waals surface area contributed by atoms with Crippen molar-refractivity contribution in [1.29, 1.82) is 0 Å². The molecule has 2 heterocycles. The van der Waals surface area contributed by atoms with Gasteiger partial charge in [-0.3, -0.25) is 9.69 Å². The number of carbonyl (C=O) groups excluding carboxylic acids is 1. The number of fused-ring (bicyclic) bond motifs is 1. The lowest BCUT2D eigenvalue weighted by Gasteiger charge is -2.23. The largest absolute Gasteiger partial charge is 0.380 e. The number of benzene rings is 1. The van der Waals surface area contributed by atoms with E-state index < -0.39 is 0 Å². The van der Waals surface area contributed by atoms with E-state index in [1.54, 1.807) is 19.0 Å². The molecule has 0 aliphatic carbocycles. The van der Waals surface area contributed by atoms with Gasteiger partial charge in [-0.05, 0) is 50.4 Å². The summed E-state index contributed by atoms with van der Waals surface area (Å²) in [4.78, 5) is 16.3. The molecule has 0 saturated carbocycles. The van der Waals surface area contributed by atoms with Gasteiger partial charge in [-0.15, -0.1) is 0 Å². The van der Waals surface area contributed by atoms with E-state index in [9.17, 15) is 4.79 Å². The van der Waals surface area contributed by atoms with Gasteiger partial charge in [-0.1, -0.05) is 6.07 Å². The third kappa shape index (κ3) is 2.77. The van der Waals surface area contributed by atoms with Crippen molar-refractivity contribution in [2.75, 3.05) is 32.5 Å². The summed E-state index contributed by atoms with van der Waals surface area (Å²) in [7, 11) is 3.59. The Kier molecular flexibility index (Phi) is 3.89. The van der Waals surface area contributed by atoms with Crippen LogP contribution in [-0.4, -0.2) is 55.0 Å². The van der Waals surface area contributed by atoms with Gasteiger partial charge in [0.2, 0.25) is 0 Å². The number of anilines is 1. The van der Waals surface area contributed by atoms with Crippen molar-refractivity contribution in [2.45, 2.75) is 38.3 Å². The highest BCUT2D eigenvalue weighted by atomic mass is 16.2. The van der Waals surface area contributed by atoms with Gasteiger partial charge in [0.1, 0.15) is 0 Å². The number of carbonyl (C=O) groups is 1. The second-order valence-corrected chi connectivity index (χ2v) is 6.51. The van der Waals surface area contributed by atoms with Crippen LogP contribution >= 0.6 is 0 Å². The molecule has 0 spiro atoms.